The minimum absolute atomic E-state index is 0.0159. The van der Waals surface area contributed by atoms with E-state index in [1.54, 1.807) is 45.0 Å². The fraction of sp³-hybridized carbons (Fsp3) is 0.513. The summed E-state index contributed by atoms with van der Waals surface area (Å²) in [5.41, 5.74) is -0.00265. The Balaban J connectivity index is 1.30. The van der Waals surface area contributed by atoms with Crippen LogP contribution in [-0.4, -0.2) is 106 Å². The largest absolute Gasteiger partial charge is 0.459 e. The number of likely N-dealkylation sites (N-methyl/N-ethyl adjacent to an activating group) is 1. The van der Waals surface area contributed by atoms with E-state index in [0.717, 1.165) is 22.6 Å². The number of carbonyl (C=O) groups excluding carboxylic acids is 5. The number of aromatic nitrogens is 1. The molecule has 1 aliphatic heterocycles. The van der Waals surface area contributed by atoms with Gasteiger partial charge in [0.25, 0.3) is 5.91 Å². The summed E-state index contributed by atoms with van der Waals surface area (Å²) in [6, 6.07) is 9.89. The minimum atomic E-state index is -2.89. The predicted octanol–water partition coefficient (Wildman–Crippen LogP) is 5.51. The second kappa shape index (κ2) is 16.7. The van der Waals surface area contributed by atoms with Crippen LogP contribution in [0.15, 0.2) is 48.5 Å². The van der Waals surface area contributed by atoms with Gasteiger partial charge in [0.05, 0.1) is 5.52 Å². The molecule has 5 rings (SSSR count). The molecule has 12 nitrogen and oxygen atoms in total. The van der Waals surface area contributed by atoms with Crippen LogP contribution in [0.4, 0.5) is 22.4 Å². The average Bonchev–Trinajstić information content (AvgIpc) is 3.47. The van der Waals surface area contributed by atoms with Crippen LogP contribution >= 0.6 is 0 Å². The Morgan fingerprint density at radius 3 is 2.15 bits per heavy atom. The lowest BCUT2D eigenvalue weighted by Gasteiger charge is -2.40. The maximum Gasteiger partial charge on any atom is 0.410 e. The van der Waals surface area contributed by atoms with Crippen molar-refractivity contribution in [3.8, 4) is 0 Å². The Morgan fingerprint density at radius 2 is 1.53 bits per heavy atom. The highest BCUT2D eigenvalue weighted by Gasteiger charge is 2.43. The van der Waals surface area contributed by atoms with Crippen molar-refractivity contribution in [3.63, 3.8) is 0 Å². The molecule has 1 saturated heterocycles. The molecule has 298 valence electrons. The molecule has 1 saturated carbocycles. The molecule has 2 atom stereocenters. The van der Waals surface area contributed by atoms with Gasteiger partial charge in [-0.15, -0.1) is 0 Å². The Morgan fingerprint density at radius 1 is 0.927 bits per heavy atom. The quantitative estimate of drug-likeness (QED) is 0.213. The molecule has 3 aromatic rings. The number of rotatable bonds is 10. The molecule has 1 aliphatic carbocycles. The smallest absolute Gasteiger partial charge is 0.410 e. The van der Waals surface area contributed by atoms with Crippen LogP contribution in [0.2, 0.25) is 0 Å². The van der Waals surface area contributed by atoms with Crippen molar-refractivity contribution in [1.29, 1.82) is 0 Å². The summed E-state index contributed by atoms with van der Waals surface area (Å²) >= 11 is 0. The third-order valence-corrected chi connectivity index (χ3v) is 10.0. The third kappa shape index (κ3) is 10.1. The zero-order chi connectivity index (χ0) is 40.2. The molecule has 16 heteroatoms. The molecule has 2 aliphatic rings. The molecule has 55 heavy (non-hydrogen) atoms. The van der Waals surface area contributed by atoms with Gasteiger partial charge in [-0.05, 0) is 64.2 Å². The molecule has 0 bridgehead atoms. The highest BCUT2D eigenvalue weighted by molar-refractivity contribution is 6.00. The number of fused-ring (bicyclic) bond motifs is 1. The van der Waals surface area contributed by atoms with E-state index in [0.29, 0.717) is 0 Å². The van der Waals surface area contributed by atoms with Gasteiger partial charge in [-0.2, -0.15) is 0 Å². The molecule has 0 unspecified atom stereocenters. The summed E-state index contributed by atoms with van der Waals surface area (Å²) in [6.45, 7) is 6.08. The monoisotopic (exact) mass is 773 g/mol. The van der Waals surface area contributed by atoms with Crippen molar-refractivity contribution in [1.82, 2.24) is 24.6 Å². The predicted molar refractivity (Wildman–Crippen MR) is 193 cm³/mol. The van der Waals surface area contributed by atoms with Gasteiger partial charge >= 0.3 is 12.1 Å². The summed E-state index contributed by atoms with van der Waals surface area (Å²) in [6.07, 6.45) is -1.69. The first kappa shape index (κ1) is 41.0. The second-order valence-corrected chi connectivity index (χ2v) is 15.2. The standard InChI is InChI=1S/C39H47F4N5O7/c1-24(45(5)37(53)55-38(2,3)4)34(50)44-33(26-11-13-39(42,43)14-12-26)36(52)47-17-15-46(16-18-47)35(51)31-20-27-19-28(40)29(41)21-30(27)48(31)22-32(49)54-23-25-9-7-6-8-10-25/h6-10,19-21,24,26,33H,11-18,22-23H2,1-5H3,(H,44,50)/t24-,33-/m0/s1. The number of benzene rings is 2. The van der Waals surface area contributed by atoms with Crippen LogP contribution in [0.25, 0.3) is 10.9 Å². The first-order valence-corrected chi connectivity index (χ1v) is 18.2. The summed E-state index contributed by atoms with van der Waals surface area (Å²) in [4.78, 5) is 71.0. The maximum absolute atomic E-state index is 14.4. The first-order valence-electron chi connectivity index (χ1n) is 18.2. The van der Waals surface area contributed by atoms with Crippen molar-refractivity contribution in [2.24, 2.45) is 5.92 Å². The normalized spacial score (nSPS) is 17.3. The first-order chi connectivity index (χ1) is 25.8. The van der Waals surface area contributed by atoms with Gasteiger partial charge < -0.3 is 29.2 Å². The molecule has 2 fully saturated rings. The molecular formula is C39H47F4N5O7. The van der Waals surface area contributed by atoms with Gasteiger partial charge in [0.15, 0.2) is 11.6 Å². The molecular weight excluding hydrogens is 726 g/mol. The fourth-order valence-corrected chi connectivity index (χ4v) is 6.72. The average molecular weight is 774 g/mol. The zero-order valence-corrected chi connectivity index (χ0v) is 31.6. The molecule has 0 spiro atoms. The van der Waals surface area contributed by atoms with Crippen LogP contribution in [0, 0.1) is 17.6 Å². The summed E-state index contributed by atoms with van der Waals surface area (Å²) < 4.78 is 69.0. The van der Waals surface area contributed by atoms with E-state index in [4.69, 9.17) is 9.47 Å². The van der Waals surface area contributed by atoms with E-state index in [1.165, 1.54) is 34.4 Å². The number of esters is 1. The topological polar surface area (TPSA) is 130 Å². The van der Waals surface area contributed by atoms with E-state index in [9.17, 15) is 41.5 Å². The van der Waals surface area contributed by atoms with E-state index in [2.05, 4.69) is 5.32 Å². The van der Waals surface area contributed by atoms with Crippen LogP contribution in [0.5, 0.6) is 0 Å². The highest BCUT2D eigenvalue weighted by atomic mass is 19.3. The molecule has 4 amide bonds. The minimum Gasteiger partial charge on any atom is -0.459 e. The van der Waals surface area contributed by atoms with Crippen molar-refractivity contribution >= 4 is 40.7 Å². The van der Waals surface area contributed by atoms with Gasteiger partial charge in [-0.3, -0.25) is 24.1 Å². The van der Waals surface area contributed by atoms with Gasteiger partial charge in [0.1, 0.15) is 36.5 Å². The number of ether oxygens (including phenoxy) is 2. The number of nitrogens with one attached hydrogen (secondary N) is 1. The number of piperazine rings is 1. The Labute approximate surface area is 316 Å². The van der Waals surface area contributed by atoms with E-state index < -0.39 is 90.3 Å². The van der Waals surface area contributed by atoms with Crippen molar-refractivity contribution in [3.05, 3.63) is 71.4 Å². The number of alkyl halides is 2. The second-order valence-electron chi connectivity index (χ2n) is 15.2. The lowest BCUT2D eigenvalue weighted by atomic mass is 9.81. The SMILES string of the molecule is C[C@@H](C(=O)N[C@H](C(=O)N1CCN(C(=O)c2cc3cc(F)c(F)cc3n2CC(=O)OCc2ccccc2)CC1)C1CCC(F)(F)CC1)N(C)C(=O)OC(C)(C)C. The number of nitrogens with zero attached hydrogens (tertiary/aromatic N) is 4. The summed E-state index contributed by atoms with van der Waals surface area (Å²) in [5.74, 6) is -8.23. The van der Waals surface area contributed by atoms with Crippen molar-refractivity contribution in [2.45, 2.75) is 90.1 Å². The van der Waals surface area contributed by atoms with Crippen molar-refractivity contribution in [2.75, 3.05) is 33.2 Å². The Kier molecular flexibility index (Phi) is 12.5. The van der Waals surface area contributed by atoms with E-state index in [1.807, 2.05) is 6.07 Å². The summed E-state index contributed by atoms with van der Waals surface area (Å²) in [5, 5.41) is 2.92. The number of hydrogen-bond acceptors (Lipinski definition) is 7. The van der Waals surface area contributed by atoms with Gasteiger partial charge in [0, 0.05) is 57.5 Å². The molecule has 2 aromatic carbocycles. The van der Waals surface area contributed by atoms with Gasteiger partial charge in [0.2, 0.25) is 17.7 Å². The third-order valence-electron chi connectivity index (χ3n) is 10.0. The van der Waals surface area contributed by atoms with Crippen LogP contribution < -0.4 is 5.32 Å². The van der Waals surface area contributed by atoms with E-state index >= 15 is 0 Å². The molecule has 1 aromatic heterocycles. The van der Waals surface area contributed by atoms with Gasteiger partial charge in [-0.1, -0.05) is 30.3 Å². The lowest BCUT2D eigenvalue weighted by molar-refractivity contribution is -0.145. The van der Waals surface area contributed by atoms with Crippen LogP contribution in [-0.2, 0) is 37.0 Å². The van der Waals surface area contributed by atoms with Crippen molar-refractivity contribution < 1.29 is 51.0 Å². The number of amides is 4. The van der Waals surface area contributed by atoms with E-state index in [-0.39, 0.29) is 62.2 Å². The lowest BCUT2D eigenvalue weighted by Crippen LogP contribution is -2.60. The van der Waals surface area contributed by atoms with Crippen LogP contribution in [0.1, 0.15) is 69.4 Å². The molecule has 0 radical (unpaired) electrons. The summed E-state index contributed by atoms with van der Waals surface area (Å²) in [7, 11) is 1.38. The zero-order valence-electron chi connectivity index (χ0n) is 31.6. The number of carbonyl (C=O) groups is 5. The van der Waals surface area contributed by atoms with Crippen LogP contribution in [0.3, 0.4) is 0 Å². The molecule has 1 N–H and O–H groups in total. The Hall–Kier alpha value is -5.15. The number of halogens is 4. The highest BCUT2D eigenvalue weighted by Crippen LogP contribution is 2.38. The Bertz CT molecular complexity index is 1900. The molecule has 2 heterocycles. The number of hydrogen-bond donors (Lipinski definition) is 1. The fourth-order valence-electron chi connectivity index (χ4n) is 6.72. The maximum atomic E-state index is 14.4. The van der Waals surface area contributed by atoms with Gasteiger partial charge in [-0.25, -0.2) is 22.4 Å².